The Hall–Kier alpha value is -1.50. The van der Waals surface area contributed by atoms with Gasteiger partial charge in [0.05, 0.1) is 24.4 Å². The van der Waals surface area contributed by atoms with Crippen LogP contribution in [0.4, 0.5) is 0 Å². The van der Waals surface area contributed by atoms with Crippen molar-refractivity contribution in [1.29, 1.82) is 0 Å². The van der Waals surface area contributed by atoms with E-state index in [9.17, 15) is 9.59 Å². The largest absolute Gasteiger partial charge is 0.465 e. The molecule has 1 saturated heterocycles. The van der Waals surface area contributed by atoms with Crippen LogP contribution >= 0.6 is 0 Å². The Morgan fingerprint density at radius 3 is 2.53 bits per heavy atom. The molecular weight excluding hydrogens is 244 g/mol. The molecule has 0 aliphatic carbocycles. The molecule has 1 aliphatic heterocycles. The summed E-state index contributed by atoms with van der Waals surface area (Å²) >= 11 is 0. The number of cyclic esters (lactones) is 1. The molecule has 0 aromatic carbocycles. The Balaban J connectivity index is 2.91. The Morgan fingerprint density at radius 2 is 2.11 bits per heavy atom. The summed E-state index contributed by atoms with van der Waals surface area (Å²) in [4.78, 5) is 23.4. The summed E-state index contributed by atoms with van der Waals surface area (Å²) < 4.78 is 10.6. The summed E-state index contributed by atoms with van der Waals surface area (Å²) in [6.45, 7) is 9.31. The fraction of sp³-hybridized carbons (Fsp3) is 0.733. The quantitative estimate of drug-likeness (QED) is 0.579. The van der Waals surface area contributed by atoms with Crippen LogP contribution in [0.25, 0.3) is 0 Å². The lowest BCUT2D eigenvalue weighted by Crippen LogP contribution is -2.42. The van der Waals surface area contributed by atoms with Crippen molar-refractivity contribution in [3.05, 3.63) is 0 Å². The van der Waals surface area contributed by atoms with Crippen LogP contribution in [-0.4, -0.2) is 24.1 Å². The molecule has 1 heterocycles. The highest BCUT2D eigenvalue weighted by Crippen LogP contribution is 2.33. The standard InChI is InChI=1S/C15H22O4/c1-6-8-15(5,11-9-12(16)18-10-11)19-13(17)14(3,4)7-2/h11H,7,9-10H2,1-5H3. The molecule has 0 bridgehead atoms. The molecule has 1 fully saturated rings. The maximum absolute atomic E-state index is 12.2. The zero-order valence-corrected chi connectivity index (χ0v) is 12.3. The molecule has 0 spiro atoms. The van der Waals surface area contributed by atoms with Crippen LogP contribution < -0.4 is 0 Å². The molecule has 4 nitrogen and oxygen atoms in total. The summed E-state index contributed by atoms with van der Waals surface area (Å²) in [7, 11) is 0. The topological polar surface area (TPSA) is 52.6 Å². The summed E-state index contributed by atoms with van der Waals surface area (Å²) in [5.41, 5.74) is -1.52. The van der Waals surface area contributed by atoms with Crippen LogP contribution in [0.2, 0.25) is 0 Å². The monoisotopic (exact) mass is 266 g/mol. The molecule has 0 N–H and O–H groups in total. The lowest BCUT2D eigenvalue weighted by atomic mass is 9.86. The highest BCUT2D eigenvalue weighted by Gasteiger charge is 2.44. The minimum Gasteiger partial charge on any atom is -0.465 e. The molecule has 2 atom stereocenters. The average molecular weight is 266 g/mol. The minimum absolute atomic E-state index is 0.205. The number of hydrogen-bond acceptors (Lipinski definition) is 4. The van der Waals surface area contributed by atoms with Gasteiger partial charge in [-0.15, -0.1) is 5.92 Å². The van der Waals surface area contributed by atoms with Gasteiger partial charge in [-0.3, -0.25) is 9.59 Å². The van der Waals surface area contributed by atoms with E-state index < -0.39 is 11.0 Å². The average Bonchev–Trinajstić information content (AvgIpc) is 2.76. The van der Waals surface area contributed by atoms with Crippen LogP contribution in [0, 0.1) is 23.2 Å². The molecule has 0 aromatic rings. The highest BCUT2D eigenvalue weighted by molar-refractivity contribution is 5.77. The van der Waals surface area contributed by atoms with Gasteiger partial charge >= 0.3 is 11.9 Å². The molecule has 0 radical (unpaired) electrons. The Kier molecular flexibility index (Phi) is 4.62. The molecular formula is C15H22O4. The first-order valence-corrected chi connectivity index (χ1v) is 6.58. The van der Waals surface area contributed by atoms with Gasteiger partial charge in [-0.1, -0.05) is 12.8 Å². The van der Waals surface area contributed by atoms with Crippen molar-refractivity contribution < 1.29 is 19.1 Å². The third-order valence-corrected chi connectivity index (χ3v) is 3.75. The molecule has 0 saturated carbocycles. The second-order valence-corrected chi connectivity index (χ2v) is 5.69. The van der Waals surface area contributed by atoms with E-state index in [0.29, 0.717) is 6.42 Å². The van der Waals surface area contributed by atoms with Crippen molar-refractivity contribution in [3.63, 3.8) is 0 Å². The van der Waals surface area contributed by atoms with Gasteiger partial charge < -0.3 is 9.47 Å². The minimum atomic E-state index is -0.968. The van der Waals surface area contributed by atoms with Crippen molar-refractivity contribution in [2.24, 2.45) is 11.3 Å². The zero-order valence-electron chi connectivity index (χ0n) is 12.3. The van der Waals surface area contributed by atoms with E-state index in [1.54, 1.807) is 13.8 Å². The van der Waals surface area contributed by atoms with Crippen LogP contribution in [0.15, 0.2) is 0 Å². The van der Waals surface area contributed by atoms with Crippen molar-refractivity contribution in [2.75, 3.05) is 6.61 Å². The SMILES string of the molecule is CC#CC(C)(OC(=O)C(C)(C)CC)C1COC(=O)C1. The van der Waals surface area contributed by atoms with E-state index in [1.165, 1.54) is 0 Å². The first kappa shape index (κ1) is 15.6. The van der Waals surface area contributed by atoms with Crippen LogP contribution in [0.1, 0.15) is 47.5 Å². The van der Waals surface area contributed by atoms with E-state index in [1.807, 2.05) is 20.8 Å². The van der Waals surface area contributed by atoms with Gasteiger partial charge in [-0.05, 0) is 34.1 Å². The fourth-order valence-electron chi connectivity index (χ4n) is 1.80. The first-order chi connectivity index (χ1) is 8.75. The summed E-state index contributed by atoms with van der Waals surface area (Å²) in [6.07, 6.45) is 0.923. The summed E-state index contributed by atoms with van der Waals surface area (Å²) in [5, 5.41) is 0. The Bertz CT molecular complexity index is 427. The lowest BCUT2D eigenvalue weighted by molar-refractivity contribution is -0.168. The van der Waals surface area contributed by atoms with Crippen molar-refractivity contribution >= 4 is 11.9 Å². The van der Waals surface area contributed by atoms with E-state index in [2.05, 4.69) is 11.8 Å². The number of carbonyl (C=O) groups excluding carboxylic acids is 2. The van der Waals surface area contributed by atoms with Crippen LogP contribution in [0.5, 0.6) is 0 Å². The van der Waals surface area contributed by atoms with Crippen molar-refractivity contribution in [3.8, 4) is 11.8 Å². The molecule has 1 aliphatic rings. The van der Waals surface area contributed by atoms with Crippen molar-refractivity contribution in [2.45, 2.75) is 53.1 Å². The number of rotatable bonds is 4. The van der Waals surface area contributed by atoms with Gasteiger partial charge in [0.15, 0.2) is 5.60 Å². The molecule has 19 heavy (non-hydrogen) atoms. The smallest absolute Gasteiger partial charge is 0.313 e. The molecule has 4 heteroatoms. The van der Waals surface area contributed by atoms with Gasteiger partial charge in [-0.25, -0.2) is 0 Å². The number of carbonyl (C=O) groups is 2. The predicted molar refractivity (Wildman–Crippen MR) is 71.1 cm³/mol. The van der Waals surface area contributed by atoms with Crippen molar-refractivity contribution in [1.82, 2.24) is 0 Å². The molecule has 1 rings (SSSR count). The van der Waals surface area contributed by atoms with Gasteiger partial charge in [0.1, 0.15) is 0 Å². The van der Waals surface area contributed by atoms with Gasteiger partial charge in [-0.2, -0.15) is 0 Å². The molecule has 106 valence electrons. The number of hydrogen-bond donors (Lipinski definition) is 0. The van der Waals surface area contributed by atoms with Gasteiger partial charge in [0.25, 0.3) is 0 Å². The van der Waals surface area contributed by atoms with E-state index in [4.69, 9.17) is 9.47 Å². The highest BCUT2D eigenvalue weighted by atomic mass is 16.6. The fourth-order valence-corrected chi connectivity index (χ4v) is 1.80. The second-order valence-electron chi connectivity index (χ2n) is 5.69. The third-order valence-electron chi connectivity index (χ3n) is 3.75. The van der Waals surface area contributed by atoms with Gasteiger partial charge in [0, 0.05) is 0 Å². The number of ether oxygens (including phenoxy) is 2. The van der Waals surface area contributed by atoms with E-state index in [0.717, 1.165) is 0 Å². The Labute approximate surface area is 114 Å². The maximum Gasteiger partial charge on any atom is 0.313 e. The predicted octanol–water partition coefficient (Wildman–Crippen LogP) is 2.31. The maximum atomic E-state index is 12.2. The lowest BCUT2D eigenvalue weighted by Gasteiger charge is -2.32. The summed E-state index contributed by atoms with van der Waals surface area (Å²) in [5.74, 6) is 4.94. The van der Waals surface area contributed by atoms with E-state index in [-0.39, 0.29) is 30.9 Å². The molecule has 0 aromatic heterocycles. The first-order valence-electron chi connectivity index (χ1n) is 6.58. The molecule has 2 unspecified atom stereocenters. The van der Waals surface area contributed by atoms with Crippen LogP contribution in [0.3, 0.4) is 0 Å². The zero-order chi connectivity index (χ0) is 14.7. The number of esters is 2. The summed E-state index contributed by atoms with van der Waals surface area (Å²) in [6, 6.07) is 0. The second kappa shape index (κ2) is 5.64. The molecule has 0 amide bonds. The Morgan fingerprint density at radius 1 is 1.47 bits per heavy atom. The van der Waals surface area contributed by atoms with Gasteiger partial charge in [0.2, 0.25) is 0 Å². The van der Waals surface area contributed by atoms with E-state index >= 15 is 0 Å². The van der Waals surface area contributed by atoms with Crippen LogP contribution in [-0.2, 0) is 19.1 Å². The third kappa shape index (κ3) is 3.50. The normalized spacial score (nSPS) is 21.9.